The molecular weight excluding hydrogens is 564 g/mol. The molecular formula is C27H46O15. The molecule has 19 unspecified atom stereocenters. The monoisotopic (exact) mass is 610 g/mol. The molecule has 0 aromatic carbocycles. The van der Waals surface area contributed by atoms with E-state index >= 15 is 0 Å². The summed E-state index contributed by atoms with van der Waals surface area (Å²) in [7, 11) is 0. The normalized spacial score (nSPS) is 55.6. The molecule has 5 fully saturated rings. The van der Waals surface area contributed by atoms with Crippen LogP contribution >= 0.6 is 0 Å². The molecule has 3 saturated heterocycles. The van der Waals surface area contributed by atoms with Gasteiger partial charge in [0.2, 0.25) is 0 Å². The van der Waals surface area contributed by atoms with Crippen molar-refractivity contribution in [2.24, 2.45) is 11.8 Å². The zero-order chi connectivity index (χ0) is 30.5. The van der Waals surface area contributed by atoms with Crippen molar-refractivity contribution in [2.75, 3.05) is 6.61 Å². The minimum absolute atomic E-state index is 0.155. The average Bonchev–Trinajstić information content (AvgIpc) is 2.95. The van der Waals surface area contributed by atoms with E-state index in [1.54, 1.807) is 0 Å². The molecule has 0 bridgehead atoms. The van der Waals surface area contributed by atoms with Gasteiger partial charge in [-0.15, -0.1) is 0 Å². The molecule has 15 heteroatoms. The maximum Gasteiger partial charge on any atom is 0.187 e. The molecule has 0 aromatic heterocycles. The number of rotatable bonds is 6. The number of ether oxygens (including phenoxy) is 5. The molecule has 2 saturated carbocycles. The maximum absolute atomic E-state index is 11.0. The summed E-state index contributed by atoms with van der Waals surface area (Å²) in [5.41, 5.74) is 0. The quantitative estimate of drug-likeness (QED) is 0.137. The van der Waals surface area contributed by atoms with Gasteiger partial charge in [-0.2, -0.15) is 0 Å². The third kappa shape index (κ3) is 6.52. The molecule has 0 radical (unpaired) electrons. The van der Waals surface area contributed by atoms with E-state index in [0.717, 1.165) is 0 Å². The first kappa shape index (κ1) is 32.8. The fraction of sp³-hybridized carbons (Fsp3) is 1.00. The van der Waals surface area contributed by atoms with Crippen molar-refractivity contribution < 1.29 is 74.7 Å². The number of fused-ring (bicyclic) bond motifs is 1. The summed E-state index contributed by atoms with van der Waals surface area (Å²) < 4.78 is 30.0. The predicted molar refractivity (Wildman–Crippen MR) is 137 cm³/mol. The highest BCUT2D eigenvalue weighted by Crippen LogP contribution is 2.43. The lowest BCUT2D eigenvalue weighted by atomic mass is 9.72. The van der Waals surface area contributed by atoms with Gasteiger partial charge < -0.3 is 74.7 Å². The van der Waals surface area contributed by atoms with Crippen LogP contribution in [-0.4, -0.2) is 162 Å². The van der Waals surface area contributed by atoms with E-state index in [0.29, 0.717) is 19.3 Å². The molecule has 10 N–H and O–H groups in total. The van der Waals surface area contributed by atoms with Crippen LogP contribution in [0.1, 0.15) is 45.4 Å². The summed E-state index contributed by atoms with van der Waals surface area (Å²) in [6.07, 6.45) is -18.6. The maximum atomic E-state index is 11.0. The van der Waals surface area contributed by atoms with Gasteiger partial charge in [0.15, 0.2) is 12.6 Å². The van der Waals surface area contributed by atoms with Crippen LogP contribution in [0.15, 0.2) is 0 Å². The van der Waals surface area contributed by atoms with Crippen molar-refractivity contribution in [3.05, 3.63) is 0 Å². The van der Waals surface area contributed by atoms with E-state index in [9.17, 15) is 51.1 Å². The molecule has 0 aromatic rings. The number of hydrogen-bond acceptors (Lipinski definition) is 15. The van der Waals surface area contributed by atoms with Crippen molar-refractivity contribution in [1.82, 2.24) is 0 Å². The van der Waals surface area contributed by atoms with Crippen molar-refractivity contribution in [1.29, 1.82) is 0 Å². The summed E-state index contributed by atoms with van der Waals surface area (Å²) in [6.45, 7) is 0.783. The van der Waals surface area contributed by atoms with E-state index in [2.05, 4.69) is 0 Å². The second-order valence-electron chi connectivity index (χ2n) is 12.6. The van der Waals surface area contributed by atoms with Gasteiger partial charge in [0.05, 0.1) is 55.4 Å². The van der Waals surface area contributed by atoms with Gasteiger partial charge in [-0.3, -0.25) is 0 Å². The van der Waals surface area contributed by atoms with Gasteiger partial charge in [0.1, 0.15) is 42.7 Å². The highest BCUT2D eigenvalue weighted by molar-refractivity contribution is 4.99. The Balaban J connectivity index is 1.40. The SMILES string of the molecule is CC1OC(OC2C(OC3CC4C(O)CC(O)CC4OC3C3CCC(O)C(O)C3)OC(CO)C(O)C2O)C(O)C(O)C1O. The number of aliphatic hydroxyl groups is 10. The Hall–Kier alpha value is -0.600. The number of aliphatic hydroxyl groups excluding tert-OH is 10. The first-order chi connectivity index (χ1) is 19.9. The Morgan fingerprint density at radius 3 is 2.07 bits per heavy atom. The van der Waals surface area contributed by atoms with Crippen LogP contribution in [0.2, 0.25) is 0 Å². The zero-order valence-electron chi connectivity index (χ0n) is 23.4. The first-order valence-corrected chi connectivity index (χ1v) is 14.9. The Bertz CT molecular complexity index is 882. The second kappa shape index (κ2) is 13.4. The Morgan fingerprint density at radius 1 is 0.643 bits per heavy atom. The zero-order valence-corrected chi connectivity index (χ0v) is 23.4. The lowest BCUT2D eigenvalue weighted by Gasteiger charge is -2.51. The van der Waals surface area contributed by atoms with Gasteiger partial charge in [0.25, 0.3) is 0 Å². The van der Waals surface area contributed by atoms with Crippen LogP contribution in [0.3, 0.4) is 0 Å². The summed E-state index contributed by atoms with van der Waals surface area (Å²) >= 11 is 0. The Kier molecular flexibility index (Phi) is 10.5. The average molecular weight is 611 g/mol. The van der Waals surface area contributed by atoms with Crippen LogP contribution in [-0.2, 0) is 23.7 Å². The van der Waals surface area contributed by atoms with Gasteiger partial charge in [-0.05, 0) is 51.4 Å². The minimum Gasteiger partial charge on any atom is -0.394 e. The summed E-state index contributed by atoms with van der Waals surface area (Å²) in [6, 6.07) is 0. The Morgan fingerprint density at radius 2 is 1.38 bits per heavy atom. The highest BCUT2D eigenvalue weighted by atomic mass is 16.8. The van der Waals surface area contributed by atoms with Crippen molar-refractivity contribution in [2.45, 2.75) is 150 Å². The summed E-state index contributed by atoms with van der Waals surface area (Å²) in [5, 5.41) is 104. The molecule has 19 atom stereocenters. The molecule has 15 nitrogen and oxygen atoms in total. The van der Waals surface area contributed by atoms with Crippen LogP contribution in [0.25, 0.3) is 0 Å². The van der Waals surface area contributed by atoms with Crippen molar-refractivity contribution in [3.63, 3.8) is 0 Å². The molecule has 0 amide bonds. The fourth-order valence-electron chi connectivity index (χ4n) is 7.17. The molecule has 3 heterocycles. The molecule has 0 spiro atoms. The number of hydrogen-bond donors (Lipinski definition) is 10. The Labute approximate surface area is 243 Å². The highest BCUT2D eigenvalue weighted by Gasteiger charge is 2.54. The van der Waals surface area contributed by atoms with E-state index in [-0.39, 0.29) is 25.2 Å². The molecule has 3 aliphatic heterocycles. The van der Waals surface area contributed by atoms with Gasteiger partial charge in [-0.1, -0.05) is 0 Å². The largest absolute Gasteiger partial charge is 0.394 e. The second-order valence-corrected chi connectivity index (χ2v) is 12.6. The predicted octanol–water partition coefficient (Wildman–Crippen LogP) is -4.17. The fourth-order valence-corrected chi connectivity index (χ4v) is 7.17. The van der Waals surface area contributed by atoms with Crippen LogP contribution in [0, 0.1) is 11.8 Å². The van der Waals surface area contributed by atoms with E-state index in [4.69, 9.17) is 23.7 Å². The smallest absolute Gasteiger partial charge is 0.187 e. The van der Waals surface area contributed by atoms with Crippen LogP contribution in [0.4, 0.5) is 0 Å². The van der Waals surface area contributed by atoms with Crippen LogP contribution in [0.5, 0.6) is 0 Å². The summed E-state index contributed by atoms with van der Waals surface area (Å²) in [4.78, 5) is 0. The lowest BCUT2D eigenvalue weighted by Crippen LogP contribution is -2.65. The molecule has 5 rings (SSSR count). The molecule has 5 aliphatic rings. The topological polar surface area (TPSA) is 248 Å². The van der Waals surface area contributed by atoms with E-state index in [1.165, 1.54) is 6.92 Å². The van der Waals surface area contributed by atoms with E-state index < -0.39 is 117 Å². The van der Waals surface area contributed by atoms with Gasteiger partial charge in [0, 0.05) is 5.92 Å². The summed E-state index contributed by atoms with van der Waals surface area (Å²) in [5.74, 6) is -0.694. The third-order valence-corrected chi connectivity index (χ3v) is 9.71. The van der Waals surface area contributed by atoms with Gasteiger partial charge in [-0.25, -0.2) is 0 Å². The standard InChI is InChI=1S/C27H46O15/c1-9-19(33)21(35)23(37)26(38-9)42-25-22(36)20(34)18(8-28)41-27(25)40-17-7-12-14(31)5-11(29)6-16(12)39-24(17)10-2-3-13(30)15(32)4-10/h9-37H,2-8H2,1H3. The lowest BCUT2D eigenvalue weighted by molar-refractivity contribution is -0.377. The molecule has 2 aliphatic carbocycles. The molecule has 42 heavy (non-hydrogen) atoms. The first-order valence-electron chi connectivity index (χ1n) is 14.9. The minimum atomic E-state index is -1.72. The molecule has 244 valence electrons. The van der Waals surface area contributed by atoms with Crippen molar-refractivity contribution >= 4 is 0 Å². The van der Waals surface area contributed by atoms with Crippen molar-refractivity contribution in [3.8, 4) is 0 Å². The van der Waals surface area contributed by atoms with Gasteiger partial charge >= 0.3 is 0 Å². The van der Waals surface area contributed by atoms with Crippen LogP contribution < -0.4 is 0 Å². The third-order valence-electron chi connectivity index (χ3n) is 9.71. The van der Waals surface area contributed by atoms with E-state index in [1.807, 2.05) is 0 Å².